The van der Waals surface area contributed by atoms with Gasteiger partial charge in [-0.1, -0.05) is 6.07 Å². The van der Waals surface area contributed by atoms with E-state index in [1.807, 2.05) is 6.07 Å². The molecule has 0 saturated carbocycles. The summed E-state index contributed by atoms with van der Waals surface area (Å²) in [5.41, 5.74) is 6.32. The topological polar surface area (TPSA) is 94.5 Å². The number of hydrazine groups is 1. The Morgan fingerprint density at radius 1 is 1.17 bits per heavy atom. The van der Waals surface area contributed by atoms with E-state index in [-0.39, 0.29) is 5.56 Å². The first-order chi connectivity index (χ1) is 16.9. The number of amidine groups is 1. The molecule has 3 heterocycles. The van der Waals surface area contributed by atoms with Crippen LogP contribution in [0.1, 0.15) is 30.1 Å². The molecule has 3 aromatic rings. The molecule has 1 amide bonds. The third-order valence-corrected chi connectivity index (χ3v) is 6.46. The fourth-order valence-electron chi connectivity index (χ4n) is 3.61. The second-order valence-corrected chi connectivity index (χ2v) is 9.36. The maximum atomic E-state index is 13.9. The van der Waals surface area contributed by atoms with Crippen molar-refractivity contribution in [2.24, 2.45) is 4.99 Å². The Bertz CT molecular complexity index is 1280. The number of aliphatic imine (C=N–C) groups is 1. The van der Waals surface area contributed by atoms with Crippen LogP contribution in [0.3, 0.4) is 0 Å². The molecule has 2 aliphatic heterocycles. The lowest BCUT2D eigenvalue weighted by atomic mass is 10.2. The summed E-state index contributed by atoms with van der Waals surface area (Å²) in [6, 6.07) is 12.7. The summed E-state index contributed by atoms with van der Waals surface area (Å²) in [4.78, 5) is 29.3. The van der Waals surface area contributed by atoms with Gasteiger partial charge in [-0.15, -0.1) is 0 Å². The van der Waals surface area contributed by atoms with Gasteiger partial charge in [0.1, 0.15) is 11.7 Å². The SMILES string of the molecule is CC1CC(=Nc2cc(N3CCC3)nc(Sc3ccc(NC(=O)c4cccc(F)c4F)cc3)n2)NN1. The van der Waals surface area contributed by atoms with E-state index in [0.29, 0.717) is 22.7 Å². The average molecular weight is 496 g/mol. The molecule has 2 saturated heterocycles. The molecule has 1 atom stereocenters. The van der Waals surface area contributed by atoms with Gasteiger partial charge in [-0.3, -0.25) is 4.79 Å². The number of carbonyl (C=O) groups is 1. The summed E-state index contributed by atoms with van der Waals surface area (Å²) in [6.07, 6.45) is 1.92. The van der Waals surface area contributed by atoms with Gasteiger partial charge in [0.15, 0.2) is 22.6 Å². The second-order valence-electron chi connectivity index (χ2n) is 8.32. The van der Waals surface area contributed by atoms with E-state index in [2.05, 4.69) is 38.0 Å². The molecule has 0 spiro atoms. The molecular formula is C24H23F2N7OS. The monoisotopic (exact) mass is 495 g/mol. The highest BCUT2D eigenvalue weighted by molar-refractivity contribution is 7.99. The van der Waals surface area contributed by atoms with Crippen molar-refractivity contribution in [3.63, 3.8) is 0 Å². The minimum Gasteiger partial charge on any atom is -0.356 e. The first-order valence-electron chi connectivity index (χ1n) is 11.2. The standard InChI is InChI=1S/C24H23F2N7OS/c1-14-12-20(32-31-14)28-19-13-21(33-10-3-11-33)30-24(29-19)35-16-8-6-15(7-9-16)27-23(34)17-4-2-5-18(25)22(17)26/h2,4-9,13-14,31H,3,10-12H2,1H3,(H,27,34)(H,28,29,30,32). The Kier molecular flexibility index (Phi) is 6.60. The highest BCUT2D eigenvalue weighted by Gasteiger charge is 2.20. The van der Waals surface area contributed by atoms with Crippen molar-refractivity contribution in [1.29, 1.82) is 0 Å². The minimum absolute atomic E-state index is 0.302. The van der Waals surface area contributed by atoms with E-state index < -0.39 is 17.5 Å². The van der Waals surface area contributed by atoms with Crippen molar-refractivity contribution >= 4 is 40.8 Å². The fraction of sp³-hybridized carbons (Fsp3) is 0.250. The maximum absolute atomic E-state index is 13.9. The Balaban J connectivity index is 1.31. The van der Waals surface area contributed by atoms with Crippen molar-refractivity contribution in [3.05, 3.63) is 65.7 Å². The Morgan fingerprint density at radius 3 is 2.66 bits per heavy atom. The number of amides is 1. The van der Waals surface area contributed by atoms with Gasteiger partial charge in [-0.2, -0.15) is 0 Å². The lowest BCUT2D eigenvalue weighted by Gasteiger charge is -2.32. The van der Waals surface area contributed by atoms with Crippen LogP contribution in [-0.4, -0.2) is 40.8 Å². The number of hydrogen-bond acceptors (Lipinski definition) is 7. The number of hydrogen-bond donors (Lipinski definition) is 3. The summed E-state index contributed by atoms with van der Waals surface area (Å²) in [5.74, 6) is -0.702. The van der Waals surface area contributed by atoms with Crippen LogP contribution in [0.5, 0.6) is 0 Å². The number of nitrogens with zero attached hydrogens (tertiary/aromatic N) is 4. The highest BCUT2D eigenvalue weighted by atomic mass is 32.2. The zero-order valence-electron chi connectivity index (χ0n) is 18.9. The lowest BCUT2D eigenvalue weighted by molar-refractivity contribution is 0.102. The molecule has 0 radical (unpaired) electrons. The molecule has 180 valence electrons. The molecule has 35 heavy (non-hydrogen) atoms. The number of halogens is 2. The van der Waals surface area contributed by atoms with Crippen molar-refractivity contribution in [2.75, 3.05) is 23.3 Å². The molecule has 3 N–H and O–H groups in total. The molecule has 5 rings (SSSR count). The van der Waals surface area contributed by atoms with Gasteiger partial charge in [0.2, 0.25) is 0 Å². The number of rotatable bonds is 6. The van der Waals surface area contributed by atoms with Crippen LogP contribution in [0.2, 0.25) is 0 Å². The van der Waals surface area contributed by atoms with Crippen LogP contribution < -0.4 is 21.1 Å². The summed E-state index contributed by atoms with van der Waals surface area (Å²) in [6.45, 7) is 3.98. The van der Waals surface area contributed by atoms with Crippen LogP contribution in [0, 0.1) is 11.6 Å². The first kappa shape index (κ1) is 23.2. The van der Waals surface area contributed by atoms with Crippen molar-refractivity contribution in [3.8, 4) is 0 Å². The van der Waals surface area contributed by atoms with E-state index in [0.717, 1.165) is 48.5 Å². The van der Waals surface area contributed by atoms with Crippen LogP contribution in [-0.2, 0) is 0 Å². The van der Waals surface area contributed by atoms with Gasteiger partial charge in [-0.05, 0) is 61.5 Å². The van der Waals surface area contributed by atoms with Gasteiger partial charge >= 0.3 is 0 Å². The molecule has 2 aliphatic rings. The molecule has 2 aromatic carbocycles. The predicted octanol–water partition coefficient (Wildman–Crippen LogP) is 4.28. The summed E-state index contributed by atoms with van der Waals surface area (Å²) >= 11 is 1.38. The van der Waals surface area contributed by atoms with Crippen LogP contribution in [0.15, 0.2) is 63.6 Å². The number of nitrogens with one attached hydrogen (secondary N) is 3. The summed E-state index contributed by atoms with van der Waals surface area (Å²) in [5, 5.41) is 3.15. The molecule has 0 bridgehead atoms. The van der Waals surface area contributed by atoms with Crippen LogP contribution in [0.4, 0.5) is 26.1 Å². The molecular weight excluding hydrogens is 472 g/mol. The highest BCUT2D eigenvalue weighted by Crippen LogP contribution is 2.31. The number of anilines is 2. The molecule has 1 aromatic heterocycles. The van der Waals surface area contributed by atoms with Gasteiger partial charge < -0.3 is 15.6 Å². The molecule has 1 unspecified atom stereocenters. The van der Waals surface area contributed by atoms with Crippen LogP contribution in [0.25, 0.3) is 0 Å². The van der Waals surface area contributed by atoms with Gasteiger partial charge in [0, 0.05) is 42.2 Å². The predicted molar refractivity (Wildman–Crippen MR) is 131 cm³/mol. The van der Waals surface area contributed by atoms with E-state index in [9.17, 15) is 13.6 Å². The Hall–Kier alpha value is -3.57. The van der Waals surface area contributed by atoms with Gasteiger partial charge in [0.25, 0.3) is 5.91 Å². The normalized spacial score (nSPS) is 18.3. The number of benzene rings is 2. The minimum atomic E-state index is -1.17. The molecule has 0 aliphatic carbocycles. The fourth-order valence-corrected chi connectivity index (χ4v) is 4.37. The summed E-state index contributed by atoms with van der Waals surface area (Å²) in [7, 11) is 0. The number of carbonyl (C=O) groups excluding carboxylic acids is 1. The van der Waals surface area contributed by atoms with Crippen molar-refractivity contribution in [1.82, 2.24) is 20.8 Å². The Labute approximate surface area is 205 Å². The van der Waals surface area contributed by atoms with E-state index in [4.69, 9.17) is 4.98 Å². The van der Waals surface area contributed by atoms with E-state index in [1.165, 1.54) is 23.9 Å². The molecule has 2 fully saturated rings. The zero-order chi connectivity index (χ0) is 24.4. The number of aromatic nitrogens is 2. The van der Waals surface area contributed by atoms with Gasteiger partial charge in [0.05, 0.1) is 5.56 Å². The van der Waals surface area contributed by atoms with Gasteiger partial charge in [-0.25, -0.2) is 29.2 Å². The zero-order valence-corrected chi connectivity index (χ0v) is 19.7. The van der Waals surface area contributed by atoms with Crippen molar-refractivity contribution in [2.45, 2.75) is 35.9 Å². The Morgan fingerprint density at radius 2 is 1.97 bits per heavy atom. The lowest BCUT2D eigenvalue weighted by Crippen LogP contribution is -2.37. The third kappa shape index (κ3) is 5.41. The largest absolute Gasteiger partial charge is 0.356 e. The van der Waals surface area contributed by atoms with E-state index >= 15 is 0 Å². The first-order valence-corrected chi connectivity index (χ1v) is 12.0. The van der Waals surface area contributed by atoms with Crippen LogP contribution >= 0.6 is 11.8 Å². The quantitative estimate of drug-likeness (QED) is 0.440. The molecule has 8 nitrogen and oxygen atoms in total. The van der Waals surface area contributed by atoms with E-state index in [1.54, 1.807) is 24.3 Å². The van der Waals surface area contributed by atoms with Crippen molar-refractivity contribution < 1.29 is 13.6 Å². The summed E-state index contributed by atoms with van der Waals surface area (Å²) < 4.78 is 27.3. The average Bonchev–Trinajstić information content (AvgIpc) is 3.20. The smallest absolute Gasteiger partial charge is 0.258 e. The third-order valence-electron chi connectivity index (χ3n) is 5.59. The second kappa shape index (κ2) is 9.96. The molecule has 11 heteroatoms. The maximum Gasteiger partial charge on any atom is 0.258 e.